The minimum Gasteiger partial charge on any atom is -0.338 e. The van der Waals surface area contributed by atoms with Gasteiger partial charge in [0.2, 0.25) is 5.91 Å². The molecule has 20 heavy (non-hydrogen) atoms. The molecule has 1 aliphatic heterocycles. The lowest BCUT2D eigenvalue weighted by atomic mass is 10.3. The number of imide groups is 1. The van der Waals surface area contributed by atoms with E-state index in [1.165, 1.54) is 0 Å². The van der Waals surface area contributed by atoms with E-state index in [1.807, 2.05) is 18.9 Å². The Morgan fingerprint density at radius 2 is 2.00 bits per heavy atom. The first-order valence-corrected chi connectivity index (χ1v) is 7.31. The van der Waals surface area contributed by atoms with Crippen LogP contribution < -0.4 is 16.0 Å². The zero-order chi connectivity index (χ0) is 14.8. The smallest absolute Gasteiger partial charge is 0.321 e. The summed E-state index contributed by atoms with van der Waals surface area (Å²) < 4.78 is 0. The van der Waals surface area contributed by atoms with Gasteiger partial charge in [0, 0.05) is 45.8 Å². The van der Waals surface area contributed by atoms with Gasteiger partial charge in [0.15, 0.2) is 0 Å². The molecular formula is C13H27N5O2. The third kappa shape index (κ3) is 7.42. The van der Waals surface area contributed by atoms with Crippen LogP contribution in [0.2, 0.25) is 0 Å². The van der Waals surface area contributed by atoms with Crippen LogP contribution in [0.1, 0.15) is 13.3 Å². The molecule has 0 unspecified atom stereocenters. The van der Waals surface area contributed by atoms with Crippen molar-refractivity contribution in [2.75, 3.05) is 59.4 Å². The molecule has 0 aliphatic carbocycles. The largest absolute Gasteiger partial charge is 0.338 e. The molecule has 1 aliphatic rings. The van der Waals surface area contributed by atoms with Crippen molar-refractivity contribution >= 4 is 11.9 Å². The summed E-state index contributed by atoms with van der Waals surface area (Å²) in [5.41, 5.74) is 0. The SMILES string of the molecule is CCCNC(=O)NC(=O)CN(C)CCN1CCNCC1. The summed E-state index contributed by atoms with van der Waals surface area (Å²) in [6, 6.07) is -0.410. The second kappa shape index (κ2) is 9.68. The predicted molar refractivity (Wildman–Crippen MR) is 78.6 cm³/mol. The van der Waals surface area contributed by atoms with Crippen LogP contribution in [-0.4, -0.2) is 81.1 Å². The van der Waals surface area contributed by atoms with Gasteiger partial charge in [-0.2, -0.15) is 0 Å². The fourth-order valence-electron chi connectivity index (χ4n) is 2.02. The van der Waals surface area contributed by atoms with Crippen molar-refractivity contribution < 1.29 is 9.59 Å². The number of rotatable bonds is 7. The van der Waals surface area contributed by atoms with Gasteiger partial charge in [0.25, 0.3) is 0 Å². The lowest BCUT2D eigenvalue weighted by Crippen LogP contribution is -2.47. The Bertz CT molecular complexity index is 305. The number of likely N-dealkylation sites (N-methyl/N-ethyl adjacent to an activating group) is 1. The monoisotopic (exact) mass is 285 g/mol. The lowest BCUT2D eigenvalue weighted by Gasteiger charge is -2.28. The van der Waals surface area contributed by atoms with E-state index in [0.29, 0.717) is 6.54 Å². The van der Waals surface area contributed by atoms with Gasteiger partial charge < -0.3 is 10.6 Å². The van der Waals surface area contributed by atoms with E-state index in [-0.39, 0.29) is 12.5 Å². The van der Waals surface area contributed by atoms with Crippen LogP contribution in [0.4, 0.5) is 4.79 Å². The van der Waals surface area contributed by atoms with Gasteiger partial charge in [-0.3, -0.25) is 19.9 Å². The zero-order valence-electron chi connectivity index (χ0n) is 12.6. The first-order valence-electron chi connectivity index (χ1n) is 7.31. The van der Waals surface area contributed by atoms with Crippen LogP contribution in [0.5, 0.6) is 0 Å². The summed E-state index contributed by atoms with van der Waals surface area (Å²) >= 11 is 0. The molecule has 0 radical (unpaired) electrons. The minimum atomic E-state index is -0.410. The van der Waals surface area contributed by atoms with Gasteiger partial charge in [0.05, 0.1) is 6.54 Å². The first-order chi connectivity index (χ1) is 9.61. The second-order valence-electron chi connectivity index (χ2n) is 5.13. The molecule has 0 atom stereocenters. The van der Waals surface area contributed by atoms with Gasteiger partial charge in [-0.25, -0.2) is 4.79 Å². The standard InChI is InChI=1S/C13H27N5O2/c1-3-4-15-13(20)16-12(19)11-17(2)9-10-18-7-5-14-6-8-18/h14H,3-11H2,1-2H3,(H2,15,16,19,20). The molecule has 0 aromatic heterocycles. The number of carbonyl (C=O) groups excluding carboxylic acids is 2. The molecule has 1 saturated heterocycles. The maximum atomic E-state index is 11.6. The first kappa shape index (κ1) is 16.9. The van der Waals surface area contributed by atoms with E-state index < -0.39 is 6.03 Å². The molecule has 1 rings (SSSR count). The fraction of sp³-hybridized carbons (Fsp3) is 0.846. The molecule has 0 aromatic rings. The molecule has 3 amide bonds. The number of hydrogen-bond donors (Lipinski definition) is 3. The van der Waals surface area contributed by atoms with Crippen molar-refractivity contribution in [2.24, 2.45) is 0 Å². The lowest BCUT2D eigenvalue weighted by molar-refractivity contribution is -0.120. The van der Waals surface area contributed by atoms with Gasteiger partial charge >= 0.3 is 6.03 Å². The summed E-state index contributed by atoms with van der Waals surface area (Å²) in [5, 5.41) is 8.25. The average molecular weight is 285 g/mol. The van der Waals surface area contributed by atoms with Crippen LogP contribution in [-0.2, 0) is 4.79 Å². The second-order valence-corrected chi connectivity index (χ2v) is 5.13. The van der Waals surface area contributed by atoms with Gasteiger partial charge in [-0.05, 0) is 13.5 Å². The molecule has 7 nitrogen and oxygen atoms in total. The number of nitrogens with one attached hydrogen (secondary N) is 3. The zero-order valence-corrected chi connectivity index (χ0v) is 12.6. The van der Waals surface area contributed by atoms with E-state index in [9.17, 15) is 9.59 Å². The highest BCUT2D eigenvalue weighted by Crippen LogP contribution is 1.93. The van der Waals surface area contributed by atoms with Crippen molar-refractivity contribution in [3.63, 3.8) is 0 Å². The van der Waals surface area contributed by atoms with Crippen LogP contribution in [0.3, 0.4) is 0 Å². The van der Waals surface area contributed by atoms with E-state index in [4.69, 9.17) is 0 Å². The maximum absolute atomic E-state index is 11.6. The van der Waals surface area contributed by atoms with Crippen molar-refractivity contribution in [1.29, 1.82) is 0 Å². The van der Waals surface area contributed by atoms with Crippen molar-refractivity contribution in [2.45, 2.75) is 13.3 Å². The highest BCUT2D eigenvalue weighted by atomic mass is 16.2. The van der Waals surface area contributed by atoms with Gasteiger partial charge in [-0.15, -0.1) is 0 Å². The number of carbonyl (C=O) groups is 2. The molecule has 0 saturated carbocycles. The average Bonchev–Trinajstić information content (AvgIpc) is 2.44. The van der Waals surface area contributed by atoms with Crippen LogP contribution in [0, 0.1) is 0 Å². The highest BCUT2D eigenvalue weighted by molar-refractivity contribution is 5.95. The molecule has 1 fully saturated rings. The van der Waals surface area contributed by atoms with Crippen LogP contribution >= 0.6 is 0 Å². The van der Waals surface area contributed by atoms with Crippen molar-refractivity contribution in [1.82, 2.24) is 25.8 Å². The Balaban J connectivity index is 2.12. The predicted octanol–water partition coefficient (Wildman–Crippen LogP) is -0.941. The normalized spacial score (nSPS) is 16.1. The molecule has 0 aromatic carbocycles. The summed E-state index contributed by atoms with van der Waals surface area (Å²) in [6.07, 6.45) is 0.853. The molecule has 0 bridgehead atoms. The highest BCUT2D eigenvalue weighted by Gasteiger charge is 2.13. The Morgan fingerprint density at radius 3 is 2.65 bits per heavy atom. The molecule has 116 valence electrons. The van der Waals surface area contributed by atoms with E-state index in [1.54, 1.807) is 0 Å². The molecule has 1 heterocycles. The Morgan fingerprint density at radius 1 is 1.30 bits per heavy atom. The third-order valence-corrected chi connectivity index (χ3v) is 3.21. The number of piperazine rings is 1. The fourth-order valence-corrected chi connectivity index (χ4v) is 2.02. The molecular weight excluding hydrogens is 258 g/mol. The summed E-state index contributed by atoms with van der Waals surface area (Å²) in [4.78, 5) is 27.3. The minimum absolute atomic E-state index is 0.242. The number of hydrogen-bond acceptors (Lipinski definition) is 5. The summed E-state index contributed by atoms with van der Waals surface area (Å²) in [6.45, 7) is 8.73. The third-order valence-electron chi connectivity index (χ3n) is 3.21. The van der Waals surface area contributed by atoms with Gasteiger partial charge in [0.1, 0.15) is 0 Å². The maximum Gasteiger partial charge on any atom is 0.321 e. The van der Waals surface area contributed by atoms with E-state index in [0.717, 1.165) is 45.7 Å². The topological polar surface area (TPSA) is 76.7 Å². The van der Waals surface area contributed by atoms with Gasteiger partial charge in [-0.1, -0.05) is 6.92 Å². The Labute approximate surface area is 121 Å². The molecule has 7 heteroatoms. The summed E-state index contributed by atoms with van der Waals surface area (Å²) in [7, 11) is 1.89. The van der Waals surface area contributed by atoms with Crippen LogP contribution in [0.25, 0.3) is 0 Å². The number of nitrogens with zero attached hydrogens (tertiary/aromatic N) is 2. The van der Waals surface area contributed by atoms with E-state index >= 15 is 0 Å². The molecule has 3 N–H and O–H groups in total. The number of amides is 3. The van der Waals surface area contributed by atoms with Crippen molar-refractivity contribution in [3.8, 4) is 0 Å². The summed E-state index contributed by atoms with van der Waals surface area (Å²) in [5.74, 6) is -0.263. The van der Waals surface area contributed by atoms with E-state index in [2.05, 4.69) is 20.9 Å². The van der Waals surface area contributed by atoms with Crippen LogP contribution in [0.15, 0.2) is 0 Å². The number of urea groups is 1. The quantitative estimate of drug-likeness (QED) is 0.563. The molecule has 0 spiro atoms. The van der Waals surface area contributed by atoms with Crippen molar-refractivity contribution in [3.05, 3.63) is 0 Å². The Kier molecular flexibility index (Phi) is 8.17. The Hall–Kier alpha value is -1.18.